The van der Waals surface area contributed by atoms with Crippen molar-refractivity contribution >= 4 is 40.1 Å². The van der Waals surface area contributed by atoms with Crippen LogP contribution in [-0.4, -0.2) is 73.5 Å². The van der Waals surface area contributed by atoms with Gasteiger partial charge in [0, 0.05) is 30.1 Å². The summed E-state index contributed by atoms with van der Waals surface area (Å²) in [6.45, 7) is 3.65. The van der Waals surface area contributed by atoms with E-state index in [1.807, 2.05) is 0 Å². The highest BCUT2D eigenvalue weighted by Gasteiger charge is 2.46. The molecule has 2 atom stereocenters. The minimum atomic E-state index is -1.80. The summed E-state index contributed by atoms with van der Waals surface area (Å²) in [5.74, 6) is -0.612. The molecule has 1 aliphatic heterocycles. The van der Waals surface area contributed by atoms with Crippen molar-refractivity contribution in [2.45, 2.75) is 31.7 Å². The number of aliphatic hydroxyl groups excluding tert-OH is 1. The zero-order chi connectivity index (χ0) is 26.3. The number of hydrogen-bond acceptors (Lipinski definition) is 11. The van der Waals surface area contributed by atoms with Crippen LogP contribution in [0.4, 0.5) is 17.3 Å². The summed E-state index contributed by atoms with van der Waals surface area (Å²) >= 11 is 0. The topological polar surface area (TPSA) is 184 Å². The van der Waals surface area contributed by atoms with E-state index in [0.29, 0.717) is 34.0 Å². The molecule has 0 radical (unpaired) electrons. The number of carbonyl (C=O) groups excluding carboxylic acids is 2. The molecule has 0 aliphatic carbocycles. The highest BCUT2D eigenvalue weighted by Crippen LogP contribution is 2.29. The van der Waals surface area contributed by atoms with Crippen molar-refractivity contribution in [3.63, 3.8) is 0 Å². The molecular weight excluding hydrogens is 484 g/mol. The van der Waals surface area contributed by atoms with Crippen molar-refractivity contribution in [2.75, 3.05) is 29.6 Å². The molecule has 1 fully saturated rings. The number of ether oxygens (including phenoxy) is 2. The van der Waals surface area contributed by atoms with Crippen molar-refractivity contribution in [3.8, 4) is 11.6 Å². The molecule has 0 spiro atoms. The Morgan fingerprint density at radius 1 is 1.32 bits per heavy atom. The lowest BCUT2D eigenvalue weighted by Crippen LogP contribution is -2.61. The zero-order valence-corrected chi connectivity index (χ0v) is 20.2. The molecule has 3 aromatic heterocycles. The predicted octanol–water partition coefficient (Wildman–Crippen LogP) is 0.904. The molecule has 4 N–H and O–H groups in total. The number of aliphatic hydroxyl groups is 1. The Hall–Kier alpha value is -4.56. The second-order valence-electron chi connectivity index (χ2n) is 9.01. The molecule has 5 rings (SSSR count). The number of nitrogen functional groups attached to an aromatic ring is 1. The second kappa shape index (κ2) is 9.15. The Balaban J connectivity index is 1.36. The van der Waals surface area contributed by atoms with Crippen molar-refractivity contribution < 1.29 is 28.7 Å². The lowest BCUT2D eigenvalue weighted by atomic mass is 10.0. The Morgan fingerprint density at radius 2 is 2.14 bits per heavy atom. The first kappa shape index (κ1) is 24.1. The van der Waals surface area contributed by atoms with Crippen LogP contribution < -0.4 is 20.7 Å². The number of hydrogen-bond donors (Lipinski definition) is 3. The van der Waals surface area contributed by atoms with Crippen LogP contribution in [-0.2, 0) is 14.3 Å². The largest absolute Gasteiger partial charge is 0.480 e. The summed E-state index contributed by atoms with van der Waals surface area (Å²) in [4.78, 5) is 27.6. The number of fused-ring (bicyclic) bond motifs is 1. The van der Waals surface area contributed by atoms with E-state index in [1.165, 1.54) is 29.0 Å². The maximum Gasteiger partial charge on any atom is 0.260 e. The molecule has 1 aromatic carbocycles. The van der Waals surface area contributed by atoms with Crippen LogP contribution >= 0.6 is 0 Å². The zero-order valence-electron chi connectivity index (χ0n) is 20.2. The summed E-state index contributed by atoms with van der Waals surface area (Å²) in [5.41, 5.74) is 6.08. The molecule has 1 aliphatic rings. The molecule has 192 valence electrons. The Labute approximate surface area is 209 Å². The summed E-state index contributed by atoms with van der Waals surface area (Å²) < 4.78 is 17.5. The number of nitrogens with one attached hydrogen (secondary N) is 1. The monoisotopic (exact) mass is 508 g/mol. The van der Waals surface area contributed by atoms with E-state index in [1.54, 1.807) is 44.3 Å². The van der Waals surface area contributed by atoms with Gasteiger partial charge in [0.15, 0.2) is 29.4 Å². The van der Waals surface area contributed by atoms with Crippen molar-refractivity contribution in [3.05, 3.63) is 42.7 Å². The first-order valence-electron chi connectivity index (χ1n) is 11.2. The molecule has 4 heterocycles. The van der Waals surface area contributed by atoms with Crippen LogP contribution in [0.25, 0.3) is 16.7 Å². The average Bonchev–Trinajstić information content (AvgIpc) is 3.52. The molecule has 0 unspecified atom stereocenters. The lowest BCUT2D eigenvalue weighted by molar-refractivity contribution is -0.169. The molecule has 0 saturated carbocycles. The average molecular weight is 508 g/mol. The molecule has 4 aromatic rings. The molecule has 37 heavy (non-hydrogen) atoms. The third-order valence-corrected chi connectivity index (χ3v) is 5.76. The minimum Gasteiger partial charge on any atom is -0.480 e. The SMILES string of the molecule is COc1cc(-n2ccc(N3CC(C)(C)O[C@H]([C@@H](O)C(=O)Nc4ccc5c(N)noc5c4)C3=O)n2)cnn1. The number of anilines is 3. The fraction of sp³-hybridized carbons (Fsp3) is 0.304. The smallest absolute Gasteiger partial charge is 0.260 e. The van der Waals surface area contributed by atoms with Gasteiger partial charge in [-0.05, 0) is 26.0 Å². The van der Waals surface area contributed by atoms with Crippen LogP contribution in [0.3, 0.4) is 0 Å². The summed E-state index contributed by atoms with van der Waals surface area (Å²) in [6.07, 6.45) is -0.139. The van der Waals surface area contributed by atoms with Gasteiger partial charge in [-0.25, -0.2) is 4.68 Å². The Kier molecular flexibility index (Phi) is 5.97. The number of aromatic nitrogens is 5. The van der Waals surface area contributed by atoms with Crippen LogP contribution in [0.1, 0.15) is 13.8 Å². The maximum atomic E-state index is 13.4. The number of morpholine rings is 1. The quantitative estimate of drug-likeness (QED) is 0.336. The van der Waals surface area contributed by atoms with E-state index >= 15 is 0 Å². The lowest BCUT2D eigenvalue weighted by Gasteiger charge is -2.42. The Morgan fingerprint density at radius 3 is 2.92 bits per heavy atom. The van der Waals surface area contributed by atoms with E-state index in [4.69, 9.17) is 19.7 Å². The van der Waals surface area contributed by atoms with Crippen molar-refractivity contribution in [2.24, 2.45) is 0 Å². The van der Waals surface area contributed by atoms with Gasteiger partial charge < -0.3 is 30.2 Å². The number of carbonyl (C=O) groups is 2. The van der Waals surface area contributed by atoms with Gasteiger partial charge in [-0.1, -0.05) is 5.16 Å². The molecule has 14 nitrogen and oxygen atoms in total. The van der Waals surface area contributed by atoms with E-state index in [-0.39, 0.29) is 12.4 Å². The number of rotatable bonds is 6. The van der Waals surface area contributed by atoms with Crippen LogP contribution in [0.15, 0.2) is 47.2 Å². The van der Waals surface area contributed by atoms with E-state index in [0.717, 1.165) is 0 Å². The van der Waals surface area contributed by atoms with Gasteiger partial charge in [-0.2, -0.15) is 5.10 Å². The van der Waals surface area contributed by atoms with Gasteiger partial charge >= 0.3 is 0 Å². The normalized spacial score (nSPS) is 18.1. The van der Waals surface area contributed by atoms with Crippen LogP contribution in [0.5, 0.6) is 5.88 Å². The molecular formula is C23H24N8O6. The first-order chi connectivity index (χ1) is 17.6. The number of nitrogens with two attached hydrogens (primary N) is 1. The highest BCUT2D eigenvalue weighted by atomic mass is 16.5. The number of methoxy groups -OCH3 is 1. The van der Waals surface area contributed by atoms with E-state index in [2.05, 4.69) is 25.8 Å². The third-order valence-electron chi connectivity index (χ3n) is 5.76. The molecule has 0 bridgehead atoms. The number of benzene rings is 1. The molecule has 14 heteroatoms. The summed E-state index contributed by atoms with van der Waals surface area (Å²) in [7, 11) is 1.47. The van der Waals surface area contributed by atoms with Gasteiger partial charge in [-0.15, -0.1) is 10.2 Å². The predicted molar refractivity (Wildman–Crippen MR) is 130 cm³/mol. The summed E-state index contributed by atoms with van der Waals surface area (Å²) in [5, 5.41) is 29.8. The molecule has 1 saturated heterocycles. The highest BCUT2D eigenvalue weighted by molar-refractivity contribution is 6.04. The second-order valence-corrected chi connectivity index (χ2v) is 9.01. The summed E-state index contributed by atoms with van der Waals surface area (Å²) in [6, 6.07) is 7.99. The number of amides is 2. The first-order valence-corrected chi connectivity index (χ1v) is 11.2. The Bertz CT molecular complexity index is 1480. The van der Waals surface area contributed by atoms with Gasteiger partial charge in [0.05, 0.1) is 36.5 Å². The third kappa shape index (κ3) is 4.66. The van der Waals surface area contributed by atoms with Crippen molar-refractivity contribution in [1.82, 2.24) is 25.1 Å². The van der Waals surface area contributed by atoms with Gasteiger partial charge in [0.25, 0.3) is 11.8 Å². The van der Waals surface area contributed by atoms with E-state index in [9.17, 15) is 14.7 Å². The molecule has 2 amide bonds. The minimum absolute atomic E-state index is 0.148. The van der Waals surface area contributed by atoms with Crippen LogP contribution in [0.2, 0.25) is 0 Å². The number of nitrogens with zero attached hydrogens (tertiary/aromatic N) is 6. The standard InChI is InChI=1S/C23H24N8O6/c1-23(2)11-30(16-6-7-31(28-16)13-9-17(35-3)27-25-10-13)22(34)19(36-23)18(32)21(33)26-12-4-5-14-15(8-12)37-29-20(14)24/h4-10,18-19,32H,11H2,1-3H3,(H2,24,29)(H,26,33)/t18-,19-/m1/s1. The van der Waals surface area contributed by atoms with Crippen LogP contribution in [0, 0.1) is 0 Å². The van der Waals surface area contributed by atoms with E-state index < -0.39 is 29.6 Å². The van der Waals surface area contributed by atoms with Gasteiger partial charge in [-0.3, -0.25) is 14.5 Å². The maximum absolute atomic E-state index is 13.4. The fourth-order valence-corrected chi connectivity index (χ4v) is 3.99. The van der Waals surface area contributed by atoms with Crippen molar-refractivity contribution in [1.29, 1.82) is 0 Å². The fourth-order valence-electron chi connectivity index (χ4n) is 3.99. The van der Waals surface area contributed by atoms with Gasteiger partial charge in [0.2, 0.25) is 5.88 Å². The van der Waals surface area contributed by atoms with Gasteiger partial charge in [0.1, 0.15) is 0 Å².